The van der Waals surface area contributed by atoms with Crippen molar-refractivity contribution in [3.8, 4) is 0 Å². The molecule has 0 aliphatic heterocycles. The van der Waals surface area contributed by atoms with Crippen LogP contribution in [-0.2, 0) is 4.89 Å². The lowest BCUT2D eigenvalue weighted by Gasteiger charge is -2.27. The van der Waals surface area contributed by atoms with Crippen LogP contribution >= 0.6 is 0 Å². The van der Waals surface area contributed by atoms with E-state index >= 15 is 0 Å². The van der Waals surface area contributed by atoms with Crippen LogP contribution in [0.25, 0.3) is 0 Å². The zero-order chi connectivity index (χ0) is 7.56. The van der Waals surface area contributed by atoms with Crippen molar-refractivity contribution in [2.75, 3.05) is 0 Å². The van der Waals surface area contributed by atoms with Gasteiger partial charge in [0.15, 0.2) is 0 Å². The van der Waals surface area contributed by atoms with E-state index in [9.17, 15) is 0 Å². The van der Waals surface area contributed by atoms with E-state index in [2.05, 4.69) is 4.89 Å². The van der Waals surface area contributed by atoms with Crippen molar-refractivity contribution in [3.63, 3.8) is 0 Å². The molecule has 0 bridgehead atoms. The van der Waals surface area contributed by atoms with Gasteiger partial charge in [-0.05, 0) is 12.8 Å². The second kappa shape index (κ2) is 3.30. The van der Waals surface area contributed by atoms with Gasteiger partial charge in [0.2, 0.25) is 0 Å². The monoisotopic (exact) mass is 148 g/mol. The maximum absolute atomic E-state index is 9.09. The topological polar surface area (TPSA) is 69.9 Å². The van der Waals surface area contributed by atoms with Crippen molar-refractivity contribution in [1.82, 2.24) is 0 Å². The first-order chi connectivity index (χ1) is 4.74. The molecule has 60 valence electrons. The Morgan fingerprint density at radius 2 is 1.90 bits per heavy atom. The molecule has 0 aromatic heterocycles. The first-order valence-corrected chi connectivity index (χ1v) is 3.40. The van der Waals surface area contributed by atoms with E-state index in [4.69, 9.17) is 15.5 Å². The fraction of sp³-hybridized carbons (Fsp3) is 1.00. The van der Waals surface area contributed by atoms with Crippen LogP contribution in [0.1, 0.15) is 19.3 Å². The second-order valence-electron chi connectivity index (χ2n) is 2.68. The summed E-state index contributed by atoms with van der Waals surface area (Å²) in [5.41, 5.74) is 0. The van der Waals surface area contributed by atoms with Crippen molar-refractivity contribution < 1.29 is 20.4 Å². The first-order valence-electron chi connectivity index (χ1n) is 3.40. The largest absolute Gasteiger partial charge is 0.393 e. The zero-order valence-corrected chi connectivity index (χ0v) is 5.60. The Morgan fingerprint density at radius 1 is 1.20 bits per heavy atom. The van der Waals surface area contributed by atoms with E-state index in [1.165, 1.54) is 0 Å². The van der Waals surface area contributed by atoms with Crippen LogP contribution < -0.4 is 0 Å². The Kier molecular flexibility index (Phi) is 2.62. The van der Waals surface area contributed by atoms with Crippen molar-refractivity contribution in [2.45, 2.75) is 37.6 Å². The predicted octanol–water partition coefficient (Wildman–Crippen LogP) is -0.250. The lowest BCUT2D eigenvalue weighted by molar-refractivity contribution is -0.306. The fourth-order valence-electron chi connectivity index (χ4n) is 1.21. The molecule has 10 heavy (non-hydrogen) atoms. The van der Waals surface area contributed by atoms with E-state index in [-0.39, 0.29) is 0 Å². The molecule has 0 aromatic carbocycles. The van der Waals surface area contributed by atoms with Crippen LogP contribution in [0, 0.1) is 0 Å². The Bertz CT molecular complexity index is 106. The minimum Gasteiger partial charge on any atom is -0.393 e. The molecular weight excluding hydrogens is 136 g/mol. The highest BCUT2D eigenvalue weighted by molar-refractivity contribution is 4.78. The normalized spacial score (nSPS) is 41.7. The molecule has 3 unspecified atom stereocenters. The number of hydrogen-bond donors (Lipinski definition) is 3. The third-order valence-electron chi connectivity index (χ3n) is 1.86. The summed E-state index contributed by atoms with van der Waals surface area (Å²) in [5.74, 6) is 0. The van der Waals surface area contributed by atoms with Gasteiger partial charge < -0.3 is 10.2 Å². The highest BCUT2D eigenvalue weighted by Gasteiger charge is 2.28. The molecule has 0 amide bonds. The van der Waals surface area contributed by atoms with Crippen molar-refractivity contribution in [1.29, 1.82) is 0 Å². The molecule has 4 heteroatoms. The highest BCUT2D eigenvalue weighted by Crippen LogP contribution is 2.20. The van der Waals surface area contributed by atoms with Gasteiger partial charge >= 0.3 is 0 Å². The summed E-state index contributed by atoms with van der Waals surface area (Å²) in [4.78, 5) is 3.96. The standard InChI is InChI=1S/C6H12O4/c7-4-1-2-5(8)6(3-4)10-9/h4-9H,1-3H2. The van der Waals surface area contributed by atoms with Crippen LogP contribution in [-0.4, -0.2) is 33.8 Å². The second-order valence-corrected chi connectivity index (χ2v) is 2.68. The fourth-order valence-corrected chi connectivity index (χ4v) is 1.21. The third-order valence-corrected chi connectivity index (χ3v) is 1.86. The van der Waals surface area contributed by atoms with Crippen LogP contribution in [0.4, 0.5) is 0 Å². The van der Waals surface area contributed by atoms with Gasteiger partial charge in [0, 0.05) is 6.42 Å². The van der Waals surface area contributed by atoms with Gasteiger partial charge in [-0.15, -0.1) is 0 Å². The van der Waals surface area contributed by atoms with Crippen LogP contribution in [0.5, 0.6) is 0 Å². The summed E-state index contributed by atoms with van der Waals surface area (Å²) in [7, 11) is 0. The van der Waals surface area contributed by atoms with Gasteiger partial charge in [-0.25, -0.2) is 4.89 Å². The molecule has 3 N–H and O–H groups in total. The molecule has 1 saturated carbocycles. The summed E-state index contributed by atoms with van der Waals surface area (Å²) in [6, 6.07) is 0. The Balaban J connectivity index is 2.38. The molecule has 1 aliphatic rings. The van der Waals surface area contributed by atoms with Gasteiger partial charge in [0.05, 0.1) is 12.2 Å². The van der Waals surface area contributed by atoms with E-state index in [0.717, 1.165) is 0 Å². The van der Waals surface area contributed by atoms with Crippen molar-refractivity contribution in [2.24, 2.45) is 0 Å². The number of hydrogen-bond acceptors (Lipinski definition) is 4. The zero-order valence-electron chi connectivity index (χ0n) is 5.60. The number of aliphatic hydroxyl groups is 2. The van der Waals surface area contributed by atoms with E-state index in [1.54, 1.807) is 0 Å². The highest BCUT2D eigenvalue weighted by atomic mass is 17.1. The lowest BCUT2D eigenvalue weighted by atomic mass is 9.93. The predicted molar refractivity (Wildman–Crippen MR) is 33.4 cm³/mol. The SMILES string of the molecule is OOC1CC(O)CCC1O. The van der Waals surface area contributed by atoms with Gasteiger partial charge in [-0.2, -0.15) is 0 Å². The van der Waals surface area contributed by atoms with Crippen molar-refractivity contribution >= 4 is 0 Å². The number of aliphatic hydroxyl groups excluding tert-OH is 2. The molecule has 1 rings (SSSR count). The van der Waals surface area contributed by atoms with Gasteiger partial charge in [-0.1, -0.05) is 0 Å². The van der Waals surface area contributed by atoms with Crippen LogP contribution in [0.2, 0.25) is 0 Å². The van der Waals surface area contributed by atoms with Gasteiger partial charge in [-0.3, -0.25) is 5.26 Å². The van der Waals surface area contributed by atoms with Gasteiger partial charge in [0.25, 0.3) is 0 Å². The summed E-state index contributed by atoms with van der Waals surface area (Å²) >= 11 is 0. The summed E-state index contributed by atoms with van der Waals surface area (Å²) in [5, 5.41) is 26.3. The molecular formula is C6H12O4. The Hall–Kier alpha value is -0.160. The third kappa shape index (κ3) is 1.67. The van der Waals surface area contributed by atoms with Crippen LogP contribution in [0.3, 0.4) is 0 Å². The summed E-state index contributed by atoms with van der Waals surface area (Å²) in [6.07, 6.45) is -0.289. The lowest BCUT2D eigenvalue weighted by Crippen LogP contribution is -2.37. The molecule has 3 atom stereocenters. The average Bonchev–Trinajstić information content (AvgIpc) is 1.94. The summed E-state index contributed by atoms with van der Waals surface area (Å²) in [6.45, 7) is 0. The minimum atomic E-state index is -0.631. The van der Waals surface area contributed by atoms with E-state index in [1.807, 2.05) is 0 Å². The molecule has 1 fully saturated rings. The molecule has 0 heterocycles. The van der Waals surface area contributed by atoms with Crippen molar-refractivity contribution in [3.05, 3.63) is 0 Å². The molecule has 0 aromatic rings. The maximum Gasteiger partial charge on any atom is 0.121 e. The first kappa shape index (κ1) is 7.94. The molecule has 0 spiro atoms. The van der Waals surface area contributed by atoms with E-state index < -0.39 is 18.3 Å². The van der Waals surface area contributed by atoms with E-state index in [0.29, 0.717) is 19.3 Å². The van der Waals surface area contributed by atoms with Crippen LogP contribution in [0.15, 0.2) is 0 Å². The summed E-state index contributed by atoms with van der Waals surface area (Å²) < 4.78 is 0. The molecule has 4 nitrogen and oxygen atoms in total. The molecule has 1 aliphatic carbocycles. The molecule has 0 saturated heterocycles. The minimum absolute atomic E-state index is 0.317. The average molecular weight is 148 g/mol. The van der Waals surface area contributed by atoms with Gasteiger partial charge in [0.1, 0.15) is 6.10 Å². The molecule has 0 radical (unpaired) electrons. The Labute approximate surface area is 59.0 Å². The smallest absolute Gasteiger partial charge is 0.121 e. The Morgan fingerprint density at radius 3 is 2.40 bits per heavy atom. The maximum atomic E-state index is 9.09. The number of rotatable bonds is 1. The quantitative estimate of drug-likeness (QED) is 0.354.